The summed E-state index contributed by atoms with van der Waals surface area (Å²) in [5, 5.41) is 0. The van der Waals surface area contributed by atoms with Gasteiger partial charge in [-0.3, -0.25) is 4.79 Å². The summed E-state index contributed by atoms with van der Waals surface area (Å²) in [6, 6.07) is 0. The molecule has 100 valence electrons. The highest BCUT2D eigenvalue weighted by atomic mass is 16.2. The van der Waals surface area contributed by atoms with Gasteiger partial charge in [0, 0.05) is 18.5 Å². The molecule has 0 aromatic carbocycles. The van der Waals surface area contributed by atoms with E-state index in [0.29, 0.717) is 18.4 Å². The molecule has 1 unspecified atom stereocenters. The summed E-state index contributed by atoms with van der Waals surface area (Å²) in [6.07, 6.45) is 5.80. The lowest BCUT2D eigenvalue weighted by atomic mass is 9.74. The van der Waals surface area contributed by atoms with Crippen LogP contribution in [0.25, 0.3) is 0 Å². The third kappa shape index (κ3) is 3.70. The number of nitrogens with zero attached hydrogens (tertiary/aromatic N) is 1. The Balaban J connectivity index is 2.64. The first-order valence-electron chi connectivity index (χ1n) is 7.03. The Morgan fingerprint density at radius 2 is 1.94 bits per heavy atom. The summed E-state index contributed by atoms with van der Waals surface area (Å²) in [5.41, 5.74) is 5.54. The number of carbonyl (C=O) groups is 1. The Hall–Kier alpha value is -0.570. The number of rotatable bonds is 5. The van der Waals surface area contributed by atoms with E-state index >= 15 is 0 Å². The van der Waals surface area contributed by atoms with Crippen molar-refractivity contribution in [3.63, 3.8) is 0 Å². The van der Waals surface area contributed by atoms with Crippen LogP contribution >= 0.6 is 0 Å². The van der Waals surface area contributed by atoms with Gasteiger partial charge >= 0.3 is 0 Å². The average Bonchev–Trinajstić information content (AvgIpc) is 2.35. The zero-order chi connectivity index (χ0) is 12.9. The molecule has 2 N–H and O–H groups in total. The molecule has 1 amide bonds. The first-order valence-corrected chi connectivity index (χ1v) is 7.03. The molecule has 1 rings (SSSR count). The van der Waals surface area contributed by atoms with Crippen molar-refractivity contribution in [2.75, 3.05) is 19.6 Å². The summed E-state index contributed by atoms with van der Waals surface area (Å²) in [5.74, 6) is 0.742. The van der Waals surface area contributed by atoms with E-state index in [-0.39, 0.29) is 5.41 Å². The number of hydrogen-bond acceptors (Lipinski definition) is 2. The van der Waals surface area contributed by atoms with Gasteiger partial charge in [-0.1, -0.05) is 33.1 Å². The normalized spacial score (nSPS) is 20.9. The molecule has 1 aliphatic rings. The quantitative estimate of drug-likeness (QED) is 0.802. The van der Waals surface area contributed by atoms with Gasteiger partial charge in [0.1, 0.15) is 0 Å². The topological polar surface area (TPSA) is 46.3 Å². The second kappa shape index (κ2) is 6.39. The molecule has 0 spiro atoms. The Kier molecular flexibility index (Phi) is 5.44. The van der Waals surface area contributed by atoms with Crippen molar-refractivity contribution in [2.24, 2.45) is 17.1 Å². The first-order chi connectivity index (χ1) is 8.03. The van der Waals surface area contributed by atoms with Crippen LogP contribution in [0.5, 0.6) is 0 Å². The van der Waals surface area contributed by atoms with Crippen LogP contribution in [0.4, 0.5) is 0 Å². The molecule has 1 aliphatic carbocycles. The predicted octanol–water partition coefficient (Wildman–Crippen LogP) is 2.40. The molecule has 0 radical (unpaired) electrons. The molecule has 0 aromatic rings. The average molecular weight is 240 g/mol. The maximum absolute atomic E-state index is 12.6. The van der Waals surface area contributed by atoms with E-state index in [0.717, 1.165) is 25.9 Å². The van der Waals surface area contributed by atoms with Crippen molar-refractivity contribution >= 4 is 5.91 Å². The molecule has 0 saturated heterocycles. The Morgan fingerprint density at radius 1 is 1.35 bits per heavy atom. The van der Waals surface area contributed by atoms with Gasteiger partial charge in [0.05, 0.1) is 0 Å². The molecule has 0 bridgehead atoms. The van der Waals surface area contributed by atoms with Crippen LogP contribution in [0.1, 0.15) is 52.9 Å². The zero-order valence-electron chi connectivity index (χ0n) is 11.7. The van der Waals surface area contributed by atoms with Crippen LogP contribution < -0.4 is 5.73 Å². The maximum atomic E-state index is 12.6. The molecular formula is C14H28N2O. The summed E-state index contributed by atoms with van der Waals surface area (Å²) in [7, 11) is 0. The Morgan fingerprint density at radius 3 is 2.41 bits per heavy atom. The van der Waals surface area contributed by atoms with Crippen LogP contribution in [0.2, 0.25) is 0 Å². The van der Waals surface area contributed by atoms with Crippen LogP contribution in [-0.4, -0.2) is 30.4 Å². The van der Waals surface area contributed by atoms with Gasteiger partial charge < -0.3 is 10.6 Å². The van der Waals surface area contributed by atoms with E-state index in [9.17, 15) is 4.79 Å². The molecule has 1 fully saturated rings. The van der Waals surface area contributed by atoms with Gasteiger partial charge in [-0.05, 0) is 32.2 Å². The fraction of sp³-hybridized carbons (Fsp3) is 0.929. The highest BCUT2D eigenvalue weighted by molar-refractivity contribution is 5.82. The number of nitrogens with two attached hydrogens (primary N) is 1. The van der Waals surface area contributed by atoms with Crippen molar-refractivity contribution in [3.8, 4) is 0 Å². The van der Waals surface area contributed by atoms with Crippen LogP contribution in [-0.2, 0) is 4.79 Å². The lowest BCUT2D eigenvalue weighted by molar-refractivity contribution is -0.143. The highest BCUT2D eigenvalue weighted by Gasteiger charge is 2.37. The molecular weight excluding hydrogens is 212 g/mol. The Labute approximate surface area is 106 Å². The van der Waals surface area contributed by atoms with Crippen molar-refractivity contribution < 1.29 is 4.79 Å². The predicted molar refractivity (Wildman–Crippen MR) is 71.7 cm³/mol. The zero-order valence-corrected chi connectivity index (χ0v) is 11.7. The SMILES string of the molecule is CCN(CC(C)CN)C(=O)C1(C)CCCCC1. The molecule has 3 heteroatoms. The van der Waals surface area contributed by atoms with Crippen molar-refractivity contribution in [1.29, 1.82) is 0 Å². The van der Waals surface area contributed by atoms with E-state index in [2.05, 4.69) is 20.8 Å². The molecule has 0 heterocycles. The molecule has 3 nitrogen and oxygen atoms in total. The van der Waals surface area contributed by atoms with Crippen LogP contribution in [0.3, 0.4) is 0 Å². The minimum atomic E-state index is -0.109. The molecule has 1 atom stereocenters. The summed E-state index contributed by atoms with van der Waals surface area (Å²) in [4.78, 5) is 14.6. The Bertz CT molecular complexity index is 247. The first kappa shape index (κ1) is 14.5. The molecule has 0 aromatic heterocycles. The van der Waals surface area contributed by atoms with Gasteiger partial charge in [0.15, 0.2) is 0 Å². The number of hydrogen-bond donors (Lipinski definition) is 1. The highest BCUT2D eigenvalue weighted by Crippen LogP contribution is 2.37. The fourth-order valence-corrected chi connectivity index (χ4v) is 2.73. The van der Waals surface area contributed by atoms with E-state index in [1.54, 1.807) is 0 Å². The van der Waals surface area contributed by atoms with E-state index in [1.807, 2.05) is 4.90 Å². The van der Waals surface area contributed by atoms with Gasteiger partial charge in [-0.15, -0.1) is 0 Å². The lowest BCUT2D eigenvalue weighted by Gasteiger charge is -2.37. The fourth-order valence-electron chi connectivity index (χ4n) is 2.73. The maximum Gasteiger partial charge on any atom is 0.228 e. The third-order valence-corrected chi connectivity index (χ3v) is 4.08. The molecule has 0 aliphatic heterocycles. The second-order valence-corrected chi connectivity index (χ2v) is 5.81. The van der Waals surface area contributed by atoms with Gasteiger partial charge in [-0.25, -0.2) is 0 Å². The van der Waals surface area contributed by atoms with Gasteiger partial charge in [-0.2, -0.15) is 0 Å². The number of carbonyl (C=O) groups excluding carboxylic acids is 1. The van der Waals surface area contributed by atoms with Gasteiger partial charge in [0.2, 0.25) is 5.91 Å². The minimum absolute atomic E-state index is 0.109. The van der Waals surface area contributed by atoms with E-state index in [4.69, 9.17) is 5.73 Å². The number of amides is 1. The van der Waals surface area contributed by atoms with Crippen molar-refractivity contribution in [2.45, 2.75) is 52.9 Å². The van der Waals surface area contributed by atoms with Gasteiger partial charge in [0.25, 0.3) is 0 Å². The van der Waals surface area contributed by atoms with E-state index in [1.165, 1.54) is 19.3 Å². The lowest BCUT2D eigenvalue weighted by Crippen LogP contribution is -2.45. The third-order valence-electron chi connectivity index (χ3n) is 4.08. The second-order valence-electron chi connectivity index (χ2n) is 5.81. The van der Waals surface area contributed by atoms with Crippen molar-refractivity contribution in [1.82, 2.24) is 4.90 Å². The largest absolute Gasteiger partial charge is 0.342 e. The molecule has 17 heavy (non-hydrogen) atoms. The molecule has 1 saturated carbocycles. The standard InChI is InChI=1S/C14H28N2O/c1-4-16(11-12(2)10-15)13(17)14(3)8-6-5-7-9-14/h12H,4-11,15H2,1-3H3. The smallest absolute Gasteiger partial charge is 0.228 e. The minimum Gasteiger partial charge on any atom is -0.342 e. The summed E-state index contributed by atoms with van der Waals surface area (Å²) < 4.78 is 0. The monoisotopic (exact) mass is 240 g/mol. The van der Waals surface area contributed by atoms with Crippen LogP contribution in [0, 0.1) is 11.3 Å². The summed E-state index contributed by atoms with van der Waals surface area (Å²) in [6.45, 7) is 8.58. The van der Waals surface area contributed by atoms with E-state index < -0.39 is 0 Å². The summed E-state index contributed by atoms with van der Waals surface area (Å²) >= 11 is 0. The van der Waals surface area contributed by atoms with Crippen LogP contribution in [0.15, 0.2) is 0 Å². The van der Waals surface area contributed by atoms with Crippen molar-refractivity contribution in [3.05, 3.63) is 0 Å².